The fraction of sp³-hybridized carbons (Fsp3) is 0.581. The van der Waals surface area contributed by atoms with Gasteiger partial charge in [0.1, 0.15) is 23.8 Å². The van der Waals surface area contributed by atoms with Crippen LogP contribution in [0.5, 0.6) is 0 Å². The van der Waals surface area contributed by atoms with E-state index >= 15 is 4.79 Å². The van der Waals surface area contributed by atoms with Gasteiger partial charge in [0, 0.05) is 25.5 Å². The Morgan fingerprint density at radius 1 is 0.946 bits per heavy atom. The van der Waals surface area contributed by atoms with E-state index in [4.69, 9.17) is 0 Å². The summed E-state index contributed by atoms with van der Waals surface area (Å²) in [6.45, 7) is 10.2. The molecule has 5 aliphatic rings. The first kappa shape index (κ1) is 39.3. The van der Waals surface area contributed by atoms with E-state index in [-0.39, 0.29) is 47.2 Å². The van der Waals surface area contributed by atoms with E-state index in [1.54, 1.807) is 4.90 Å². The molecule has 3 saturated carbocycles. The van der Waals surface area contributed by atoms with Crippen LogP contribution in [0, 0.1) is 34.5 Å². The molecule has 13 heteroatoms. The predicted octanol–water partition coefficient (Wildman–Crippen LogP) is 3.08. The molecule has 4 aliphatic carbocycles. The molecular weight excluding hydrogens is 711 g/mol. The van der Waals surface area contributed by atoms with E-state index < -0.39 is 59.0 Å². The minimum absolute atomic E-state index is 0.0490. The first-order chi connectivity index (χ1) is 26.8. The molecule has 1 saturated heterocycles. The van der Waals surface area contributed by atoms with E-state index in [9.17, 15) is 24.0 Å². The molecule has 1 aromatic carbocycles. The van der Waals surface area contributed by atoms with Crippen molar-refractivity contribution in [2.45, 2.75) is 109 Å². The lowest BCUT2D eigenvalue weighted by molar-refractivity contribution is -0.146. The Morgan fingerprint density at radius 3 is 2.27 bits per heavy atom. The maximum Gasteiger partial charge on any atom is 0.289 e. The van der Waals surface area contributed by atoms with Crippen molar-refractivity contribution in [2.24, 2.45) is 34.5 Å². The Labute approximate surface area is 328 Å². The van der Waals surface area contributed by atoms with Crippen LogP contribution >= 0.6 is 0 Å². The van der Waals surface area contributed by atoms with Crippen LogP contribution in [0.15, 0.2) is 55.5 Å². The highest BCUT2D eigenvalue weighted by atomic mass is 16.2. The van der Waals surface area contributed by atoms with Crippen LogP contribution < -0.4 is 21.3 Å². The monoisotopic (exact) mass is 765 g/mol. The molecule has 4 fully saturated rings. The number of likely N-dealkylation sites (tertiary alicyclic amines) is 1. The minimum Gasteiger partial charge on any atom is -0.346 e. The second-order valence-corrected chi connectivity index (χ2v) is 17.6. The number of rotatable bonds is 15. The average molecular weight is 766 g/mol. The first-order valence-electron chi connectivity index (χ1n) is 20.3. The molecule has 56 heavy (non-hydrogen) atoms. The molecule has 13 nitrogen and oxygen atoms in total. The van der Waals surface area contributed by atoms with Gasteiger partial charge in [-0.3, -0.25) is 33.8 Å². The standard InChI is InChI=1S/C43H55N7O6/c1-5-17-46-39(54)35(51)30(20-25-13-14-25)47-38(53)34-32-29(42(32,2)3)24-50(34)41(56)33(28-21-26-11-7-8-12-27(26)22-28)48-40(55)36(43(4)15-9-6-10-16-43)49-37(52)31-23-44-18-19-45-31/h5,7-8,11-12,18-19,23,25,28-30,32-34,36H,1,6,9-10,13-17,20-22,24H2,2-4H3,(H,46,54)(H,47,53)(H,48,55)(H,49,52)/t29-,30?,32-,33-,34-,36+/m0/s1. The molecule has 4 N–H and O–H groups in total. The lowest BCUT2D eigenvalue weighted by Crippen LogP contribution is -2.63. The van der Waals surface area contributed by atoms with Crippen LogP contribution in [0.3, 0.4) is 0 Å². The summed E-state index contributed by atoms with van der Waals surface area (Å²) in [5.74, 6) is -3.46. The van der Waals surface area contributed by atoms with E-state index in [1.807, 2.05) is 31.2 Å². The smallest absolute Gasteiger partial charge is 0.289 e. The Balaban J connectivity index is 1.17. The first-order valence-corrected chi connectivity index (χ1v) is 20.3. The molecule has 1 aromatic heterocycles. The quantitative estimate of drug-likeness (QED) is 0.158. The zero-order chi connectivity index (χ0) is 39.8. The Morgan fingerprint density at radius 2 is 1.64 bits per heavy atom. The normalized spacial score (nSPS) is 24.7. The number of hydrogen-bond donors (Lipinski definition) is 4. The fourth-order valence-electron chi connectivity index (χ4n) is 9.85. The van der Waals surface area contributed by atoms with Crippen molar-refractivity contribution >= 4 is 35.3 Å². The maximum atomic E-state index is 15.2. The Hall–Kier alpha value is -4.94. The number of benzene rings is 1. The van der Waals surface area contributed by atoms with Gasteiger partial charge in [0.2, 0.25) is 23.5 Å². The summed E-state index contributed by atoms with van der Waals surface area (Å²) < 4.78 is 0. The molecule has 0 bridgehead atoms. The van der Waals surface area contributed by atoms with E-state index in [1.165, 1.54) is 24.7 Å². The largest absolute Gasteiger partial charge is 0.346 e. The van der Waals surface area contributed by atoms with Crippen molar-refractivity contribution in [1.82, 2.24) is 36.1 Å². The highest BCUT2D eigenvalue weighted by Crippen LogP contribution is 2.65. The van der Waals surface area contributed by atoms with Crippen LogP contribution in [0.2, 0.25) is 0 Å². The van der Waals surface area contributed by atoms with E-state index in [2.05, 4.69) is 51.7 Å². The van der Waals surface area contributed by atoms with Gasteiger partial charge in [-0.05, 0) is 77.7 Å². The van der Waals surface area contributed by atoms with Gasteiger partial charge in [0.05, 0.1) is 12.2 Å². The third-order valence-electron chi connectivity index (χ3n) is 13.4. The van der Waals surface area contributed by atoms with Crippen LogP contribution in [0.1, 0.15) is 93.8 Å². The lowest BCUT2D eigenvalue weighted by atomic mass is 9.70. The van der Waals surface area contributed by atoms with Crippen molar-refractivity contribution in [3.05, 3.63) is 72.3 Å². The number of fused-ring (bicyclic) bond motifs is 2. The van der Waals surface area contributed by atoms with E-state index in [0.29, 0.717) is 25.8 Å². The highest BCUT2D eigenvalue weighted by Gasteiger charge is 2.70. The molecule has 5 amide bonds. The third-order valence-corrected chi connectivity index (χ3v) is 13.4. The highest BCUT2D eigenvalue weighted by molar-refractivity contribution is 6.38. The van der Waals surface area contributed by atoms with Gasteiger partial charge in [-0.2, -0.15) is 0 Å². The van der Waals surface area contributed by atoms with Gasteiger partial charge < -0.3 is 26.2 Å². The summed E-state index contributed by atoms with van der Waals surface area (Å²) in [7, 11) is 0. The number of hydrogen-bond acceptors (Lipinski definition) is 8. The Kier molecular flexibility index (Phi) is 11.2. The molecule has 2 aromatic rings. The van der Waals surface area contributed by atoms with Crippen molar-refractivity contribution in [1.29, 1.82) is 0 Å². The second kappa shape index (κ2) is 15.9. The van der Waals surface area contributed by atoms with Gasteiger partial charge in [0.15, 0.2) is 0 Å². The molecular formula is C43H55N7O6. The van der Waals surface area contributed by atoms with Crippen molar-refractivity contribution in [2.75, 3.05) is 13.1 Å². The summed E-state index contributed by atoms with van der Waals surface area (Å²) in [6.07, 6.45) is 13.3. The number of piperidine rings is 1. The number of ketones is 1. The molecule has 0 radical (unpaired) electrons. The molecule has 7 rings (SSSR count). The number of carbonyl (C=O) groups excluding carboxylic acids is 6. The summed E-state index contributed by atoms with van der Waals surface area (Å²) in [5, 5.41) is 11.6. The van der Waals surface area contributed by atoms with Crippen LogP contribution in [0.4, 0.5) is 0 Å². The number of carbonyl (C=O) groups is 6. The molecule has 0 spiro atoms. The topological polar surface area (TPSA) is 180 Å². The summed E-state index contributed by atoms with van der Waals surface area (Å²) in [5.41, 5.74) is 1.51. The zero-order valence-electron chi connectivity index (χ0n) is 32.7. The molecule has 1 aliphatic heterocycles. The number of nitrogens with one attached hydrogen (secondary N) is 4. The van der Waals surface area contributed by atoms with Crippen molar-refractivity contribution in [3.8, 4) is 0 Å². The number of aromatic nitrogens is 2. The lowest BCUT2D eigenvalue weighted by Gasteiger charge is -2.41. The van der Waals surface area contributed by atoms with Crippen LogP contribution in [0.25, 0.3) is 0 Å². The average Bonchev–Trinajstić information content (AvgIpc) is 3.95. The predicted molar refractivity (Wildman–Crippen MR) is 207 cm³/mol. The van der Waals surface area contributed by atoms with Gasteiger partial charge in [-0.25, -0.2) is 4.98 Å². The van der Waals surface area contributed by atoms with Gasteiger partial charge in [-0.15, -0.1) is 6.58 Å². The summed E-state index contributed by atoms with van der Waals surface area (Å²) in [6, 6.07) is 4.14. The van der Waals surface area contributed by atoms with Gasteiger partial charge in [0.25, 0.3) is 11.8 Å². The van der Waals surface area contributed by atoms with Gasteiger partial charge >= 0.3 is 0 Å². The van der Waals surface area contributed by atoms with Crippen molar-refractivity contribution < 1.29 is 28.8 Å². The minimum atomic E-state index is -1.02. The second-order valence-electron chi connectivity index (χ2n) is 17.6. The number of Topliss-reactive ketones (excluding diaryl/α,β-unsaturated/α-hetero) is 1. The summed E-state index contributed by atoms with van der Waals surface area (Å²) >= 11 is 0. The molecule has 2 heterocycles. The maximum absolute atomic E-state index is 15.2. The number of amides is 5. The molecule has 6 atom stereocenters. The van der Waals surface area contributed by atoms with E-state index in [0.717, 1.165) is 56.1 Å². The van der Waals surface area contributed by atoms with Crippen LogP contribution in [-0.4, -0.2) is 87.4 Å². The zero-order valence-corrected chi connectivity index (χ0v) is 32.7. The van der Waals surface area contributed by atoms with Crippen LogP contribution in [-0.2, 0) is 36.8 Å². The Bertz CT molecular complexity index is 1850. The fourth-order valence-corrected chi connectivity index (χ4v) is 9.85. The summed E-state index contributed by atoms with van der Waals surface area (Å²) in [4.78, 5) is 93.8. The van der Waals surface area contributed by atoms with Gasteiger partial charge in [-0.1, -0.05) is 83.2 Å². The van der Waals surface area contributed by atoms with Crippen molar-refractivity contribution in [3.63, 3.8) is 0 Å². The SMILES string of the molecule is C=CCNC(=O)C(=O)C(CC1CC1)NC(=O)[C@@H]1[C@@H]2[C@H](CN1C(=O)[C@@H](NC(=O)[C@@H](NC(=O)c1cnccn1)C1(C)CCCCC1)C1Cc3ccccc3C1)C2(C)C. The number of nitrogens with zero attached hydrogens (tertiary/aromatic N) is 3. The third kappa shape index (κ3) is 7.99. The molecule has 1 unspecified atom stereocenters. The molecule has 298 valence electrons.